The van der Waals surface area contributed by atoms with E-state index in [0.717, 1.165) is 8.66 Å². The highest BCUT2D eigenvalue weighted by molar-refractivity contribution is 9.11. The lowest BCUT2D eigenvalue weighted by atomic mass is 10.3. The number of nitrogen functional groups attached to an aromatic ring is 1. The summed E-state index contributed by atoms with van der Waals surface area (Å²) in [5, 5.41) is 0.447. The average molecular weight is 351 g/mol. The first-order valence-corrected chi connectivity index (χ1v) is 8.04. The number of hydrogen-bond acceptors (Lipinski definition) is 3. The first-order chi connectivity index (χ1) is 8.06. The zero-order valence-electron chi connectivity index (χ0n) is 8.65. The Balaban J connectivity index is 2.17. The van der Waals surface area contributed by atoms with Crippen molar-refractivity contribution in [1.29, 1.82) is 0 Å². The third kappa shape index (κ3) is 3.31. The molecule has 2 nitrogen and oxygen atoms in total. The van der Waals surface area contributed by atoms with Crippen molar-refractivity contribution >= 4 is 55.4 Å². The van der Waals surface area contributed by atoms with Gasteiger partial charge in [0, 0.05) is 9.77 Å². The van der Waals surface area contributed by atoms with Crippen LogP contribution >= 0.6 is 38.9 Å². The normalized spacial score (nSPS) is 12.6. The van der Waals surface area contributed by atoms with Crippen molar-refractivity contribution in [2.75, 3.05) is 5.73 Å². The molecule has 1 aromatic carbocycles. The molecule has 1 atom stereocenters. The predicted octanol–water partition coefficient (Wildman–Crippen LogP) is 4.05. The molecule has 17 heavy (non-hydrogen) atoms. The Bertz CT molecular complexity index is 570. The van der Waals surface area contributed by atoms with Gasteiger partial charge in [0.1, 0.15) is 0 Å². The molecule has 1 aromatic heterocycles. The molecule has 0 bridgehead atoms. The molecule has 0 amide bonds. The van der Waals surface area contributed by atoms with Crippen LogP contribution in [-0.4, -0.2) is 4.21 Å². The molecule has 0 aliphatic rings. The van der Waals surface area contributed by atoms with Crippen molar-refractivity contribution < 1.29 is 4.21 Å². The van der Waals surface area contributed by atoms with Crippen LogP contribution in [0, 0.1) is 0 Å². The van der Waals surface area contributed by atoms with Gasteiger partial charge in [-0.3, -0.25) is 4.21 Å². The minimum absolute atomic E-state index is 0.447. The van der Waals surface area contributed by atoms with Crippen LogP contribution in [0.15, 0.2) is 39.0 Å². The van der Waals surface area contributed by atoms with Crippen LogP contribution in [0.3, 0.4) is 0 Å². The highest BCUT2D eigenvalue weighted by Crippen LogP contribution is 2.26. The van der Waals surface area contributed by atoms with Crippen LogP contribution in [0.25, 0.3) is 0 Å². The first kappa shape index (κ1) is 13.1. The van der Waals surface area contributed by atoms with Gasteiger partial charge in [-0.15, -0.1) is 11.3 Å². The summed E-state index contributed by atoms with van der Waals surface area (Å²) in [6, 6.07) is 9.01. The van der Waals surface area contributed by atoms with Crippen molar-refractivity contribution in [1.82, 2.24) is 0 Å². The van der Waals surface area contributed by atoms with Gasteiger partial charge in [0.2, 0.25) is 0 Å². The SMILES string of the molecule is Nc1ccc(S(=O)Cc2ccc(Br)s2)cc1Cl. The monoisotopic (exact) mass is 349 g/mol. The second-order valence-electron chi connectivity index (χ2n) is 3.38. The van der Waals surface area contributed by atoms with E-state index in [0.29, 0.717) is 21.4 Å². The van der Waals surface area contributed by atoms with E-state index in [-0.39, 0.29) is 0 Å². The summed E-state index contributed by atoms with van der Waals surface area (Å²) in [5.74, 6) is 0.497. The Morgan fingerprint density at radius 3 is 2.71 bits per heavy atom. The van der Waals surface area contributed by atoms with Gasteiger partial charge in [-0.25, -0.2) is 0 Å². The molecule has 0 aliphatic heterocycles. The van der Waals surface area contributed by atoms with Gasteiger partial charge in [-0.05, 0) is 46.3 Å². The molecule has 1 unspecified atom stereocenters. The summed E-state index contributed by atoms with van der Waals surface area (Å²) in [5.41, 5.74) is 6.12. The van der Waals surface area contributed by atoms with Crippen LogP contribution in [0.4, 0.5) is 5.69 Å². The van der Waals surface area contributed by atoms with Gasteiger partial charge in [0.15, 0.2) is 0 Å². The van der Waals surface area contributed by atoms with Gasteiger partial charge in [-0.1, -0.05) is 11.6 Å². The number of nitrogens with two attached hydrogens (primary N) is 1. The molecule has 2 aromatic rings. The molecule has 0 radical (unpaired) electrons. The fourth-order valence-corrected chi connectivity index (χ4v) is 4.36. The highest BCUT2D eigenvalue weighted by Gasteiger charge is 2.08. The number of hydrogen-bond donors (Lipinski definition) is 1. The Morgan fingerprint density at radius 2 is 2.12 bits per heavy atom. The molecule has 0 saturated carbocycles. The van der Waals surface area contributed by atoms with Gasteiger partial charge in [-0.2, -0.15) is 0 Å². The third-order valence-electron chi connectivity index (χ3n) is 2.14. The van der Waals surface area contributed by atoms with Crippen molar-refractivity contribution in [2.24, 2.45) is 0 Å². The molecular weight excluding hydrogens is 342 g/mol. The van der Waals surface area contributed by atoms with Crippen molar-refractivity contribution in [3.8, 4) is 0 Å². The van der Waals surface area contributed by atoms with E-state index in [1.165, 1.54) is 0 Å². The summed E-state index contributed by atoms with van der Waals surface area (Å²) in [7, 11) is -1.09. The number of anilines is 1. The molecule has 90 valence electrons. The van der Waals surface area contributed by atoms with E-state index in [1.54, 1.807) is 29.5 Å². The maximum atomic E-state index is 12.1. The van der Waals surface area contributed by atoms with Gasteiger partial charge in [0.05, 0.1) is 31.0 Å². The minimum atomic E-state index is -1.09. The highest BCUT2D eigenvalue weighted by atomic mass is 79.9. The summed E-state index contributed by atoms with van der Waals surface area (Å²) in [6.07, 6.45) is 0. The summed E-state index contributed by atoms with van der Waals surface area (Å²) in [6.45, 7) is 0. The van der Waals surface area contributed by atoms with Crippen molar-refractivity contribution in [3.63, 3.8) is 0 Å². The fourth-order valence-electron chi connectivity index (χ4n) is 1.29. The second kappa shape index (κ2) is 5.52. The van der Waals surface area contributed by atoms with Crippen LogP contribution in [0.2, 0.25) is 5.02 Å². The summed E-state index contributed by atoms with van der Waals surface area (Å²) in [4.78, 5) is 1.77. The molecule has 6 heteroatoms. The number of benzene rings is 1. The molecule has 0 spiro atoms. The van der Waals surface area contributed by atoms with Crippen LogP contribution in [-0.2, 0) is 16.6 Å². The number of rotatable bonds is 3. The zero-order chi connectivity index (χ0) is 12.4. The van der Waals surface area contributed by atoms with Crippen molar-refractivity contribution in [3.05, 3.63) is 44.0 Å². The van der Waals surface area contributed by atoms with Crippen LogP contribution < -0.4 is 5.73 Å². The molecule has 1 heterocycles. The largest absolute Gasteiger partial charge is 0.398 e. The smallest absolute Gasteiger partial charge is 0.0701 e. The molecular formula is C11H9BrClNOS2. The maximum absolute atomic E-state index is 12.1. The quantitative estimate of drug-likeness (QED) is 0.848. The first-order valence-electron chi connectivity index (χ1n) is 4.74. The summed E-state index contributed by atoms with van der Waals surface area (Å²) < 4.78 is 13.1. The Morgan fingerprint density at radius 1 is 1.35 bits per heavy atom. The molecule has 0 saturated heterocycles. The van der Waals surface area contributed by atoms with E-state index >= 15 is 0 Å². The molecule has 2 rings (SSSR count). The maximum Gasteiger partial charge on any atom is 0.0701 e. The second-order valence-corrected chi connectivity index (χ2v) is 7.78. The predicted molar refractivity (Wildman–Crippen MR) is 78.0 cm³/mol. The fraction of sp³-hybridized carbons (Fsp3) is 0.0909. The molecule has 0 fully saturated rings. The Hall–Kier alpha value is -0.360. The van der Waals surface area contributed by atoms with Crippen LogP contribution in [0.1, 0.15) is 4.88 Å². The topological polar surface area (TPSA) is 43.1 Å². The Kier molecular flexibility index (Phi) is 4.25. The van der Waals surface area contributed by atoms with E-state index in [4.69, 9.17) is 17.3 Å². The van der Waals surface area contributed by atoms with E-state index in [9.17, 15) is 4.21 Å². The van der Waals surface area contributed by atoms with E-state index in [1.807, 2.05) is 12.1 Å². The summed E-state index contributed by atoms with van der Waals surface area (Å²) >= 11 is 10.9. The minimum Gasteiger partial charge on any atom is -0.398 e. The van der Waals surface area contributed by atoms with Gasteiger partial charge in [0.25, 0.3) is 0 Å². The average Bonchev–Trinajstić information content (AvgIpc) is 2.68. The number of halogens is 2. The van der Waals surface area contributed by atoms with Gasteiger partial charge >= 0.3 is 0 Å². The third-order valence-corrected chi connectivity index (χ3v) is 5.62. The van der Waals surface area contributed by atoms with E-state index < -0.39 is 10.8 Å². The number of thiophene rings is 1. The van der Waals surface area contributed by atoms with Crippen LogP contribution in [0.5, 0.6) is 0 Å². The molecule has 2 N–H and O–H groups in total. The molecule has 0 aliphatic carbocycles. The standard InChI is InChI=1S/C11H9BrClNOS2/c12-11-4-1-7(16-11)6-17(15)8-2-3-10(14)9(13)5-8/h1-5H,6,14H2. The van der Waals surface area contributed by atoms with Gasteiger partial charge < -0.3 is 5.73 Å². The zero-order valence-corrected chi connectivity index (χ0v) is 12.6. The lowest BCUT2D eigenvalue weighted by molar-refractivity contribution is 0.683. The van der Waals surface area contributed by atoms with E-state index in [2.05, 4.69) is 15.9 Å². The lowest BCUT2D eigenvalue weighted by Gasteiger charge is -2.03. The van der Waals surface area contributed by atoms with Crippen molar-refractivity contribution in [2.45, 2.75) is 10.6 Å². The Labute approximate surface area is 119 Å². The lowest BCUT2D eigenvalue weighted by Crippen LogP contribution is -1.96.